The van der Waals surface area contributed by atoms with Crippen molar-refractivity contribution < 1.29 is 14.8 Å². The number of hydrogen-bond acceptors (Lipinski definition) is 5. The minimum Gasteiger partial charge on any atom is -0.481 e. The van der Waals surface area contributed by atoms with E-state index in [9.17, 15) is 14.9 Å². The first-order chi connectivity index (χ1) is 9.88. The number of aromatic nitrogens is 3. The SMILES string of the molecule is Cc1cc([N+](=O)[O-])c(C)cc1-n1cc(CCC(=O)O)nn1. The van der Waals surface area contributed by atoms with Gasteiger partial charge in [0.15, 0.2) is 0 Å². The van der Waals surface area contributed by atoms with E-state index in [-0.39, 0.29) is 12.1 Å². The number of carboxylic acid groups (broad SMARTS) is 1. The summed E-state index contributed by atoms with van der Waals surface area (Å²) in [4.78, 5) is 21.0. The van der Waals surface area contributed by atoms with Gasteiger partial charge in [-0.15, -0.1) is 5.10 Å². The maximum Gasteiger partial charge on any atom is 0.303 e. The van der Waals surface area contributed by atoms with Crippen LogP contribution in [0.4, 0.5) is 5.69 Å². The minimum absolute atomic E-state index is 0.0169. The summed E-state index contributed by atoms with van der Waals surface area (Å²) in [5.74, 6) is -0.896. The second kappa shape index (κ2) is 5.70. The van der Waals surface area contributed by atoms with Gasteiger partial charge in [-0.1, -0.05) is 5.21 Å². The highest BCUT2D eigenvalue weighted by Gasteiger charge is 2.15. The summed E-state index contributed by atoms with van der Waals surface area (Å²) < 4.78 is 1.50. The molecule has 0 aliphatic carbocycles. The first-order valence-electron chi connectivity index (χ1n) is 6.27. The zero-order valence-electron chi connectivity index (χ0n) is 11.6. The number of nitrogens with zero attached hydrogens (tertiary/aromatic N) is 4. The van der Waals surface area contributed by atoms with E-state index in [0.29, 0.717) is 28.9 Å². The van der Waals surface area contributed by atoms with E-state index in [0.717, 1.165) is 0 Å². The number of nitro groups is 1. The first-order valence-corrected chi connectivity index (χ1v) is 6.27. The average molecular weight is 290 g/mol. The summed E-state index contributed by atoms with van der Waals surface area (Å²) in [6.45, 7) is 3.41. The lowest BCUT2D eigenvalue weighted by atomic mass is 10.1. The van der Waals surface area contributed by atoms with Crippen LogP contribution < -0.4 is 0 Å². The van der Waals surface area contributed by atoms with Crippen LogP contribution in [0.1, 0.15) is 23.2 Å². The molecule has 1 aromatic carbocycles. The summed E-state index contributed by atoms with van der Waals surface area (Å²) in [5, 5.41) is 27.4. The van der Waals surface area contributed by atoms with Gasteiger partial charge in [0.05, 0.1) is 28.9 Å². The number of aliphatic carboxylic acids is 1. The molecule has 8 nitrogen and oxygen atoms in total. The number of carboxylic acids is 1. The quantitative estimate of drug-likeness (QED) is 0.664. The summed E-state index contributed by atoms with van der Waals surface area (Å²) in [5.41, 5.74) is 2.53. The van der Waals surface area contributed by atoms with E-state index >= 15 is 0 Å². The maximum absolute atomic E-state index is 10.9. The largest absolute Gasteiger partial charge is 0.481 e. The number of aryl methyl sites for hydroxylation is 3. The molecule has 2 aromatic rings. The van der Waals surface area contributed by atoms with Crippen molar-refractivity contribution in [3.63, 3.8) is 0 Å². The number of nitro benzene ring substituents is 1. The van der Waals surface area contributed by atoms with Crippen LogP contribution in [-0.4, -0.2) is 31.0 Å². The van der Waals surface area contributed by atoms with Gasteiger partial charge in [0, 0.05) is 18.1 Å². The molecule has 0 aliphatic rings. The molecule has 21 heavy (non-hydrogen) atoms. The molecule has 2 rings (SSSR count). The van der Waals surface area contributed by atoms with Crippen molar-refractivity contribution in [2.45, 2.75) is 26.7 Å². The smallest absolute Gasteiger partial charge is 0.303 e. The summed E-state index contributed by atoms with van der Waals surface area (Å²) in [6.07, 6.45) is 1.91. The van der Waals surface area contributed by atoms with E-state index in [1.165, 1.54) is 10.7 Å². The van der Waals surface area contributed by atoms with Crippen LogP contribution in [0.25, 0.3) is 5.69 Å². The zero-order valence-corrected chi connectivity index (χ0v) is 11.6. The Morgan fingerprint density at radius 1 is 1.38 bits per heavy atom. The van der Waals surface area contributed by atoms with Crippen molar-refractivity contribution >= 4 is 11.7 Å². The summed E-state index contributed by atoms with van der Waals surface area (Å²) in [6, 6.07) is 3.16. The van der Waals surface area contributed by atoms with Gasteiger partial charge < -0.3 is 5.11 Å². The van der Waals surface area contributed by atoms with Crippen molar-refractivity contribution in [1.82, 2.24) is 15.0 Å². The third kappa shape index (κ3) is 3.22. The van der Waals surface area contributed by atoms with Crippen molar-refractivity contribution in [3.8, 4) is 5.69 Å². The zero-order chi connectivity index (χ0) is 15.6. The van der Waals surface area contributed by atoms with Gasteiger partial charge in [-0.3, -0.25) is 14.9 Å². The van der Waals surface area contributed by atoms with E-state index in [1.54, 1.807) is 26.1 Å². The van der Waals surface area contributed by atoms with Crippen molar-refractivity contribution in [1.29, 1.82) is 0 Å². The molecule has 1 aromatic heterocycles. The second-order valence-corrected chi connectivity index (χ2v) is 4.73. The topological polar surface area (TPSA) is 111 Å². The van der Waals surface area contributed by atoms with Crippen molar-refractivity contribution in [2.24, 2.45) is 0 Å². The Hall–Kier alpha value is -2.77. The second-order valence-electron chi connectivity index (χ2n) is 4.73. The van der Waals surface area contributed by atoms with Crippen LogP contribution in [0.3, 0.4) is 0 Å². The van der Waals surface area contributed by atoms with Crippen LogP contribution in [0.5, 0.6) is 0 Å². The molecule has 1 N–H and O–H groups in total. The molecule has 0 amide bonds. The monoisotopic (exact) mass is 290 g/mol. The number of hydrogen-bond donors (Lipinski definition) is 1. The average Bonchev–Trinajstić information content (AvgIpc) is 2.87. The van der Waals surface area contributed by atoms with Gasteiger partial charge in [0.25, 0.3) is 5.69 Å². The molecule has 1 heterocycles. The Kier molecular flexibility index (Phi) is 3.97. The normalized spacial score (nSPS) is 10.6. The van der Waals surface area contributed by atoms with Gasteiger partial charge in [0.1, 0.15) is 0 Å². The third-order valence-corrected chi connectivity index (χ3v) is 3.09. The lowest BCUT2D eigenvalue weighted by Crippen LogP contribution is -2.01. The Morgan fingerprint density at radius 3 is 2.71 bits per heavy atom. The fourth-order valence-corrected chi connectivity index (χ4v) is 1.99. The molecule has 0 bridgehead atoms. The third-order valence-electron chi connectivity index (χ3n) is 3.09. The predicted octanol–water partition coefficient (Wildman–Crippen LogP) is 1.81. The first kappa shape index (κ1) is 14.6. The molecule has 0 aliphatic heterocycles. The Bertz CT molecular complexity index is 708. The molecule has 0 unspecified atom stereocenters. The van der Waals surface area contributed by atoms with Crippen molar-refractivity contribution in [2.75, 3.05) is 0 Å². The number of rotatable bonds is 5. The number of benzene rings is 1. The molecule has 0 saturated carbocycles. The highest BCUT2D eigenvalue weighted by molar-refractivity contribution is 5.66. The molecule has 110 valence electrons. The highest BCUT2D eigenvalue weighted by atomic mass is 16.6. The van der Waals surface area contributed by atoms with E-state index < -0.39 is 10.9 Å². The molecular weight excluding hydrogens is 276 g/mol. The lowest BCUT2D eigenvalue weighted by Gasteiger charge is -2.06. The fourth-order valence-electron chi connectivity index (χ4n) is 1.99. The lowest BCUT2D eigenvalue weighted by molar-refractivity contribution is -0.385. The molecule has 0 saturated heterocycles. The van der Waals surface area contributed by atoms with Gasteiger partial charge in [0.2, 0.25) is 0 Å². The van der Waals surface area contributed by atoms with Crippen LogP contribution >= 0.6 is 0 Å². The van der Waals surface area contributed by atoms with Crippen LogP contribution in [0, 0.1) is 24.0 Å². The van der Waals surface area contributed by atoms with E-state index in [2.05, 4.69) is 10.3 Å². The van der Waals surface area contributed by atoms with E-state index in [4.69, 9.17) is 5.11 Å². The molecular formula is C13H14N4O4. The van der Waals surface area contributed by atoms with Crippen LogP contribution in [0.15, 0.2) is 18.3 Å². The standard InChI is InChI=1S/C13H14N4O4/c1-8-6-12(17(20)21)9(2)5-11(8)16-7-10(14-15-16)3-4-13(18)19/h5-7H,3-4H2,1-2H3,(H,18,19). The Morgan fingerprint density at radius 2 is 2.10 bits per heavy atom. The molecule has 8 heteroatoms. The molecule has 0 spiro atoms. The summed E-state index contributed by atoms with van der Waals surface area (Å²) >= 11 is 0. The highest BCUT2D eigenvalue weighted by Crippen LogP contribution is 2.24. The van der Waals surface area contributed by atoms with Gasteiger partial charge in [-0.2, -0.15) is 0 Å². The predicted molar refractivity (Wildman–Crippen MR) is 73.4 cm³/mol. The number of carbonyl (C=O) groups is 1. The summed E-state index contributed by atoms with van der Waals surface area (Å²) in [7, 11) is 0. The molecule has 0 fully saturated rings. The minimum atomic E-state index is -0.896. The Labute approximate surface area is 120 Å². The molecule has 0 radical (unpaired) electrons. The van der Waals surface area contributed by atoms with Gasteiger partial charge in [-0.25, -0.2) is 4.68 Å². The van der Waals surface area contributed by atoms with Gasteiger partial charge >= 0.3 is 5.97 Å². The Balaban J connectivity index is 2.32. The maximum atomic E-state index is 10.9. The van der Waals surface area contributed by atoms with Gasteiger partial charge in [-0.05, 0) is 25.5 Å². The van der Waals surface area contributed by atoms with Crippen LogP contribution in [-0.2, 0) is 11.2 Å². The fraction of sp³-hybridized carbons (Fsp3) is 0.308. The molecule has 0 atom stereocenters. The van der Waals surface area contributed by atoms with Crippen LogP contribution in [0.2, 0.25) is 0 Å². The van der Waals surface area contributed by atoms with Crippen molar-refractivity contribution in [3.05, 3.63) is 45.3 Å². The van der Waals surface area contributed by atoms with E-state index in [1.807, 2.05) is 0 Å².